The largest absolute Gasteiger partial charge is 0.468 e. The SMILES string of the molecule is Nc1nc(OCc2nc3ccccc3[nH]2)c2n[nH]nc2n1. The molecular weight excluding hydrogens is 272 g/mol. The minimum atomic E-state index is 0.0796. The van der Waals surface area contributed by atoms with E-state index in [1.807, 2.05) is 24.3 Å². The predicted molar refractivity (Wildman–Crippen MR) is 74.3 cm³/mol. The molecular formula is C12H10N8O. The first-order valence-electron chi connectivity index (χ1n) is 6.20. The molecule has 0 spiro atoms. The number of aromatic amines is 2. The highest BCUT2D eigenvalue weighted by molar-refractivity contribution is 5.76. The van der Waals surface area contributed by atoms with Gasteiger partial charge in [0.1, 0.15) is 12.4 Å². The van der Waals surface area contributed by atoms with Gasteiger partial charge in [-0.05, 0) is 12.1 Å². The fourth-order valence-corrected chi connectivity index (χ4v) is 2.05. The average molecular weight is 282 g/mol. The summed E-state index contributed by atoms with van der Waals surface area (Å²) in [5.74, 6) is 1.03. The first-order chi connectivity index (χ1) is 10.3. The summed E-state index contributed by atoms with van der Waals surface area (Å²) in [5, 5.41) is 10.3. The van der Waals surface area contributed by atoms with E-state index < -0.39 is 0 Å². The minimum absolute atomic E-state index is 0.0796. The Morgan fingerprint density at radius 2 is 2.00 bits per heavy atom. The highest BCUT2D eigenvalue weighted by Crippen LogP contribution is 2.20. The normalized spacial score (nSPS) is 11.2. The second kappa shape index (κ2) is 4.40. The van der Waals surface area contributed by atoms with Gasteiger partial charge in [-0.1, -0.05) is 12.1 Å². The zero-order valence-corrected chi connectivity index (χ0v) is 10.7. The topological polar surface area (TPSA) is 131 Å². The maximum absolute atomic E-state index is 5.63. The Hall–Kier alpha value is -3.23. The van der Waals surface area contributed by atoms with Gasteiger partial charge in [0.2, 0.25) is 17.5 Å². The molecule has 1 aromatic carbocycles. The van der Waals surface area contributed by atoms with Gasteiger partial charge in [-0.2, -0.15) is 15.2 Å². The number of imidazole rings is 1. The third kappa shape index (κ3) is 2.00. The number of aromatic nitrogens is 7. The lowest BCUT2D eigenvalue weighted by molar-refractivity contribution is 0.289. The summed E-state index contributed by atoms with van der Waals surface area (Å²) in [4.78, 5) is 15.6. The van der Waals surface area contributed by atoms with Gasteiger partial charge >= 0.3 is 0 Å². The molecule has 0 aliphatic heterocycles. The van der Waals surface area contributed by atoms with Crippen LogP contribution in [-0.4, -0.2) is 35.3 Å². The van der Waals surface area contributed by atoms with Crippen LogP contribution in [0.5, 0.6) is 5.88 Å². The fraction of sp³-hybridized carbons (Fsp3) is 0.0833. The van der Waals surface area contributed by atoms with E-state index in [2.05, 4.69) is 35.3 Å². The van der Waals surface area contributed by atoms with E-state index >= 15 is 0 Å². The smallest absolute Gasteiger partial charge is 0.249 e. The van der Waals surface area contributed by atoms with Gasteiger partial charge in [-0.15, -0.1) is 10.2 Å². The molecule has 4 N–H and O–H groups in total. The molecule has 0 unspecified atom stereocenters. The minimum Gasteiger partial charge on any atom is -0.468 e. The summed E-state index contributed by atoms with van der Waals surface area (Å²) in [6.45, 7) is 0.215. The lowest BCUT2D eigenvalue weighted by atomic mass is 10.3. The number of nitrogens with one attached hydrogen (secondary N) is 2. The Bertz CT molecular complexity index is 894. The lowest BCUT2D eigenvalue weighted by Gasteiger charge is -2.03. The number of ether oxygens (including phenoxy) is 1. The van der Waals surface area contributed by atoms with Crippen molar-refractivity contribution in [2.45, 2.75) is 6.61 Å². The van der Waals surface area contributed by atoms with Crippen molar-refractivity contribution in [1.29, 1.82) is 0 Å². The van der Waals surface area contributed by atoms with Gasteiger partial charge in [0, 0.05) is 0 Å². The summed E-state index contributed by atoms with van der Waals surface area (Å²) < 4.78 is 5.63. The quantitative estimate of drug-likeness (QED) is 0.506. The monoisotopic (exact) mass is 282 g/mol. The Morgan fingerprint density at radius 1 is 1.10 bits per heavy atom. The number of anilines is 1. The number of hydrogen-bond acceptors (Lipinski definition) is 7. The Kier molecular flexibility index (Phi) is 2.43. The van der Waals surface area contributed by atoms with Crippen molar-refractivity contribution >= 4 is 28.1 Å². The third-order valence-electron chi connectivity index (χ3n) is 2.95. The molecule has 4 aromatic rings. The van der Waals surface area contributed by atoms with E-state index in [9.17, 15) is 0 Å². The van der Waals surface area contributed by atoms with Gasteiger partial charge in [-0.3, -0.25) is 0 Å². The van der Waals surface area contributed by atoms with Gasteiger partial charge in [0.05, 0.1) is 11.0 Å². The van der Waals surface area contributed by atoms with Crippen molar-refractivity contribution in [3.05, 3.63) is 30.1 Å². The van der Waals surface area contributed by atoms with E-state index in [1.165, 1.54) is 0 Å². The highest BCUT2D eigenvalue weighted by atomic mass is 16.5. The second-order valence-corrected chi connectivity index (χ2v) is 4.37. The van der Waals surface area contributed by atoms with Crippen LogP contribution in [0.25, 0.3) is 22.2 Å². The van der Waals surface area contributed by atoms with Crippen LogP contribution >= 0.6 is 0 Å². The maximum Gasteiger partial charge on any atom is 0.249 e. The van der Waals surface area contributed by atoms with Gasteiger partial charge in [0.15, 0.2) is 5.52 Å². The number of nitrogen functional groups attached to an aromatic ring is 1. The van der Waals surface area contributed by atoms with Crippen LogP contribution in [0.1, 0.15) is 5.82 Å². The fourth-order valence-electron chi connectivity index (χ4n) is 2.05. The number of fused-ring (bicyclic) bond motifs is 2. The number of nitrogens with two attached hydrogens (primary N) is 1. The molecule has 0 aliphatic rings. The third-order valence-corrected chi connectivity index (χ3v) is 2.95. The zero-order valence-electron chi connectivity index (χ0n) is 10.7. The van der Waals surface area contributed by atoms with Crippen LogP contribution in [0.15, 0.2) is 24.3 Å². The number of hydrogen-bond donors (Lipinski definition) is 3. The molecule has 0 amide bonds. The molecule has 0 aliphatic carbocycles. The van der Waals surface area contributed by atoms with Crippen LogP contribution in [0.2, 0.25) is 0 Å². The average Bonchev–Trinajstić information content (AvgIpc) is 3.10. The first kappa shape index (κ1) is 11.6. The molecule has 104 valence electrons. The van der Waals surface area contributed by atoms with Crippen LogP contribution in [0, 0.1) is 0 Å². The summed E-state index contributed by atoms with van der Waals surface area (Å²) in [6, 6.07) is 7.74. The van der Waals surface area contributed by atoms with Crippen molar-refractivity contribution in [1.82, 2.24) is 35.3 Å². The molecule has 3 heterocycles. The van der Waals surface area contributed by atoms with Gasteiger partial charge in [0.25, 0.3) is 0 Å². The molecule has 0 atom stereocenters. The predicted octanol–water partition coefficient (Wildman–Crippen LogP) is 0.785. The van der Waals surface area contributed by atoms with Crippen molar-refractivity contribution in [3.63, 3.8) is 0 Å². The summed E-state index contributed by atoms with van der Waals surface area (Å²) in [5.41, 5.74) is 8.23. The molecule has 9 heteroatoms. The standard InChI is InChI=1S/C12H10N8O/c13-12-16-10-9(18-20-19-10)11(17-12)21-5-8-14-6-3-1-2-4-7(6)15-8/h1-4H,5H2,(H,14,15)(H3,13,16,17,18,19,20). The number of H-pyrrole nitrogens is 2. The van der Waals surface area contributed by atoms with Crippen LogP contribution in [0.4, 0.5) is 5.95 Å². The second-order valence-electron chi connectivity index (χ2n) is 4.37. The van der Waals surface area contributed by atoms with Crippen molar-refractivity contribution in [3.8, 4) is 5.88 Å². The summed E-state index contributed by atoms with van der Waals surface area (Å²) in [6.07, 6.45) is 0. The number of nitrogens with zero attached hydrogens (tertiary/aromatic N) is 5. The molecule has 0 saturated heterocycles. The van der Waals surface area contributed by atoms with Crippen LogP contribution in [0.3, 0.4) is 0 Å². The molecule has 3 aromatic heterocycles. The van der Waals surface area contributed by atoms with E-state index in [4.69, 9.17) is 10.5 Å². The molecule has 4 rings (SSSR count). The molecule has 0 fully saturated rings. The maximum atomic E-state index is 5.63. The molecule has 0 bridgehead atoms. The lowest BCUT2D eigenvalue weighted by Crippen LogP contribution is -2.03. The number of benzene rings is 1. The number of para-hydroxylation sites is 2. The van der Waals surface area contributed by atoms with E-state index in [-0.39, 0.29) is 18.4 Å². The zero-order chi connectivity index (χ0) is 14.2. The highest BCUT2D eigenvalue weighted by Gasteiger charge is 2.12. The summed E-state index contributed by atoms with van der Waals surface area (Å²) in [7, 11) is 0. The van der Waals surface area contributed by atoms with Crippen LogP contribution in [-0.2, 0) is 6.61 Å². The molecule has 0 saturated carbocycles. The molecule has 21 heavy (non-hydrogen) atoms. The van der Waals surface area contributed by atoms with E-state index in [1.54, 1.807) is 0 Å². The Labute approximate surface area is 117 Å². The van der Waals surface area contributed by atoms with Gasteiger partial charge < -0.3 is 15.5 Å². The molecule has 0 radical (unpaired) electrons. The van der Waals surface area contributed by atoms with Crippen molar-refractivity contribution in [2.24, 2.45) is 0 Å². The first-order valence-corrected chi connectivity index (χ1v) is 6.20. The number of rotatable bonds is 3. The Balaban J connectivity index is 1.64. The van der Waals surface area contributed by atoms with E-state index in [0.29, 0.717) is 17.0 Å². The molecule has 9 nitrogen and oxygen atoms in total. The van der Waals surface area contributed by atoms with Crippen LogP contribution < -0.4 is 10.5 Å². The van der Waals surface area contributed by atoms with Crippen molar-refractivity contribution < 1.29 is 4.74 Å². The van der Waals surface area contributed by atoms with Crippen molar-refractivity contribution in [2.75, 3.05) is 5.73 Å². The van der Waals surface area contributed by atoms with Gasteiger partial charge in [-0.25, -0.2) is 4.98 Å². The van der Waals surface area contributed by atoms with E-state index in [0.717, 1.165) is 11.0 Å². The Morgan fingerprint density at radius 3 is 2.90 bits per heavy atom. The summed E-state index contributed by atoms with van der Waals surface area (Å²) >= 11 is 0.